The van der Waals surface area contributed by atoms with E-state index >= 15 is 0 Å². The molecule has 0 aromatic carbocycles. The highest BCUT2D eigenvalue weighted by molar-refractivity contribution is 14.1. The number of ether oxygens (including phenoxy) is 2. The molecule has 1 aromatic heterocycles. The number of rotatable bonds is 3. The molecule has 0 radical (unpaired) electrons. The zero-order valence-corrected chi connectivity index (χ0v) is 10.9. The van der Waals surface area contributed by atoms with Gasteiger partial charge in [-0.25, -0.2) is 0 Å². The zero-order chi connectivity index (χ0) is 12.3. The SMILES string of the molecule is COc1c(CCl)ncc(OC(F)(F)F)c1I. The van der Waals surface area contributed by atoms with E-state index in [1.54, 1.807) is 22.6 Å². The van der Waals surface area contributed by atoms with Crippen molar-refractivity contribution in [1.82, 2.24) is 4.98 Å². The van der Waals surface area contributed by atoms with Crippen molar-refractivity contribution in [3.63, 3.8) is 0 Å². The first kappa shape index (κ1) is 13.6. The summed E-state index contributed by atoms with van der Waals surface area (Å²) in [7, 11) is 1.33. The van der Waals surface area contributed by atoms with Crippen molar-refractivity contribution in [2.75, 3.05) is 7.11 Å². The van der Waals surface area contributed by atoms with E-state index in [1.165, 1.54) is 7.11 Å². The van der Waals surface area contributed by atoms with Crippen LogP contribution in [0.15, 0.2) is 6.20 Å². The van der Waals surface area contributed by atoms with Crippen LogP contribution < -0.4 is 9.47 Å². The van der Waals surface area contributed by atoms with Crippen LogP contribution in [-0.4, -0.2) is 18.5 Å². The van der Waals surface area contributed by atoms with E-state index in [2.05, 4.69) is 9.72 Å². The normalized spacial score (nSPS) is 11.4. The molecule has 16 heavy (non-hydrogen) atoms. The fourth-order valence-corrected chi connectivity index (χ4v) is 1.96. The van der Waals surface area contributed by atoms with E-state index in [1.807, 2.05) is 0 Å². The molecule has 8 heteroatoms. The predicted octanol–water partition coefficient (Wildman–Crippen LogP) is 3.33. The van der Waals surface area contributed by atoms with Gasteiger partial charge < -0.3 is 9.47 Å². The van der Waals surface area contributed by atoms with Crippen LogP contribution in [0.2, 0.25) is 0 Å². The summed E-state index contributed by atoms with van der Waals surface area (Å²) in [5.74, 6) is -0.165. The Morgan fingerprint density at radius 1 is 1.50 bits per heavy atom. The van der Waals surface area contributed by atoms with Crippen molar-refractivity contribution < 1.29 is 22.6 Å². The Morgan fingerprint density at radius 3 is 2.56 bits per heavy atom. The van der Waals surface area contributed by atoms with Crippen molar-refractivity contribution in [3.8, 4) is 11.5 Å². The van der Waals surface area contributed by atoms with Crippen LogP contribution in [0.3, 0.4) is 0 Å². The maximum absolute atomic E-state index is 12.0. The first-order valence-corrected chi connectivity index (χ1v) is 5.53. The number of nitrogens with zero attached hydrogens (tertiary/aromatic N) is 1. The number of hydrogen-bond acceptors (Lipinski definition) is 3. The Labute approximate surface area is 108 Å². The van der Waals surface area contributed by atoms with Crippen molar-refractivity contribution in [3.05, 3.63) is 15.5 Å². The van der Waals surface area contributed by atoms with Gasteiger partial charge in [0.1, 0.15) is 3.57 Å². The molecule has 0 spiro atoms. The van der Waals surface area contributed by atoms with Gasteiger partial charge in [0.25, 0.3) is 0 Å². The lowest BCUT2D eigenvalue weighted by atomic mass is 10.3. The summed E-state index contributed by atoms with van der Waals surface area (Å²) >= 11 is 7.24. The molecule has 0 aliphatic heterocycles. The molecule has 0 saturated carbocycles. The van der Waals surface area contributed by atoms with Crippen LogP contribution in [0.4, 0.5) is 13.2 Å². The van der Waals surface area contributed by atoms with Crippen molar-refractivity contribution in [1.29, 1.82) is 0 Å². The molecule has 0 aliphatic rings. The topological polar surface area (TPSA) is 31.4 Å². The third kappa shape index (κ3) is 3.27. The molecule has 1 rings (SSSR count). The second-order valence-corrected chi connectivity index (χ2v) is 3.94. The lowest BCUT2D eigenvalue weighted by molar-refractivity contribution is -0.275. The average Bonchev–Trinajstić information content (AvgIpc) is 2.19. The number of hydrogen-bond donors (Lipinski definition) is 0. The van der Waals surface area contributed by atoms with Gasteiger partial charge in [-0.15, -0.1) is 24.8 Å². The number of aromatic nitrogens is 1. The average molecular weight is 367 g/mol. The van der Waals surface area contributed by atoms with Crippen molar-refractivity contribution in [2.24, 2.45) is 0 Å². The lowest BCUT2D eigenvalue weighted by Crippen LogP contribution is -2.18. The molecule has 1 aromatic rings. The van der Waals surface area contributed by atoms with Gasteiger partial charge in [0.15, 0.2) is 11.5 Å². The molecule has 0 fully saturated rings. The highest BCUT2D eigenvalue weighted by Gasteiger charge is 2.33. The first-order valence-electron chi connectivity index (χ1n) is 3.92. The molecule has 0 amide bonds. The standard InChI is InChI=1S/C8H6ClF3INO2/c1-15-7-4(2-9)14-3-5(6(7)13)16-8(10,11)12/h3H,2H2,1H3. The van der Waals surface area contributed by atoms with E-state index in [4.69, 9.17) is 16.3 Å². The summed E-state index contributed by atoms with van der Waals surface area (Å²) in [6.45, 7) is 0. The van der Waals surface area contributed by atoms with Crippen LogP contribution in [0.1, 0.15) is 5.69 Å². The molecule has 0 atom stereocenters. The second kappa shape index (κ2) is 5.26. The fourth-order valence-electron chi connectivity index (χ4n) is 0.989. The number of halogens is 5. The van der Waals surface area contributed by atoms with Gasteiger partial charge in [-0.2, -0.15) is 0 Å². The largest absolute Gasteiger partial charge is 0.573 e. The highest BCUT2D eigenvalue weighted by Crippen LogP contribution is 2.35. The molecule has 0 aliphatic carbocycles. The van der Waals surface area contributed by atoms with Gasteiger partial charge in [-0.1, -0.05) is 0 Å². The fraction of sp³-hybridized carbons (Fsp3) is 0.375. The molecule has 1 heterocycles. The Balaban J connectivity index is 3.14. The highest BCUT2D eigenvalue weighted by atomic mass is 127. The van der Waals surface area contributed by atoms with E-state index < -0.39 is 12.1 Å². The zero-order valence-electron chi connectivity index (χ0n) is 7.94. The third-order valence-electron chi connectivity index (χ3n) is 1.57. The minimum atomic E-state index is -4.75. The Bertz CT molecular complexity index is 386. The molecule has 90 valence electrons. The molecule has 0 saturated heterocycles. The van der Waals surface area contributed by atoms with Crippen LogP contribution in [0.5, 0.6) is 11.5 Å². The van der Waals surface area contributed by atoms with E-state index in [-0.39, 0.29) is 15.2 Å². The van der Waals surface area contributed by atoms with Gasteiger partial charge in [0.05, 0.1) is 24.9 Å². The summed E-state index contributed by atoms with van der Waals surface area (Å²) < 4.78 is 44.9. The van der Waals surface area contributed by atoms with Crippen molar-refractivity contribution >= 4 is 34.2 Å². The molecule has 0 unspecified atom stereocenters. The van der Waals surface area contributed by atoms with Crippen LogP contribution >= 0.6 is 34.2 Å². The van der Waals surface area contributed by atoms with Crippen LogP contribution in [0, 0.1) is 3.57 Å². The minimum absolute atomic E-state index is 0.0471. The van der Waals surface area contributed by atoms with E-state index in [0.29, 0.717) is 5.69 Å². The summed E-state index contributed by atoms with van der Waals surface area (Å²) in [5.41, 5.74) is 0.364. The quantitative estimate of drug-likeness (QED) is 0.607. The summed E-state index contributed by atoms with van der Waals surface area (Å²) in [5, 5.41) is 0. The van der Waals surface area contributed by atoms with Crippen molar-refractivity contribution in [2.45, 2.75) is 12.2 Å². The van der Waals surface area contributed by atoms with E-state index in [0.717, 1.165) is 6.20 Å². The molecule has 0 bridgehead atoms. The minimum Gasteiger partial charge on any atom is -0.494 e. The molecule has 3 nitrogen and oxygen atoms in total. The number of pyridine rings is 1. The van der Waals surface area contributed by atoms with Crippen LogP contribution in [-0.2, 0) is 5.88 Å². The number of alkyl halides is 4. The van der Waals surface area contributed by atoms with Gasteiger partial charge in [-0.05, 0) is 22.6 Å². The van der Waals surface area contributed by atoms with Gasteiger partial charge >= 0.3 is 6.36 Å². The third-order valence-corrected chi connectivity index (χ3v) is 2.85. The summed E-state index contributed by atoms with van der Waals surface area (Å²) in [6, 6.07) is 0. The number of methoxy groups -OCH3 is 1. The second-order valence-electron chi connectivity index (χ2n) is 2.60. The summed E-state index contributed by atoms with van der Waals surface area (Å²) in [6.07, 6.45) is -3.79. The Morgan fingerprint density at radius 2 is 2.12 bits per heavy atom. The smallest absolute Gasteiger partial charge is 0.494 e. The molecule has 0 N–H and O–H groups in total. The first-order chi connectivity index (χ1) is 7.39. The van der Waals surface area contributed by atoms with Gasteiger partial charge in [0, 0.05) is 0 Å². The van der Waals surface area contributed by atoms with Gasteiger partial charge in [-0.3, -0.25) is 4.98 Å². The lowest BCUT2D eigenvalue weighted by Gasteiger charge is -2.13. The monoisotopic (exact) mass is 367 g/mol. The molecular formula is C8H6ClF3INO2. The summed E-state index contributed by atoms with van der Waals surface area (Å²) in [4.78, 5) is 3.73. The Hall–Kier alpha value is -0.440. The maximum Gasteiger partial charge on any atom is 0.573 e. The van der Waals surface area contributed by atoms with E-state index in [9.17, 15) is 13.2 Å². The Kier molecular flexibility index (Phi) is 4.48. The van der Waals surface area contributed by atoms with Crippen LogP contribution in [0.25, 0.3) is 0 Å². The maximum atomic E-state index is 12.0. The predicted molar refractivity (Wildman–Crippen MR) is 59.7 cm³/mol. The molecular weight excluding hydrogens is 361 g/mol. The van der Waals surface area contributed by atoms with Gasteiger partial charge in [0.2, 0.25) is 0 Å².